The van der Waals surface area contributed by atoms with Crippen LogP contribution in [0.3, 0.4) is 0 Å². The smallest absolute Gasteiger partial charge is 0.253 e. The van der Waals surface area contributed by atoms with Gasteiger partial charge in [0.05, 0.1) is 17.4 Å². The Bertz CT molecular complexity index is 997. The molecule has 174 valence electrons. The molecular formula is C25H28ClN3O4. The van der Waals surface area contributed by atoms with Crippen molar-refractivity contribution in [3.05, 3.63) is 64.7 Å². The number of benzene rings is 2. The van der Waals surface area contributed by atoms with E-state index in [1.807, 2.05) is 0 Å². The fourth-order valence-corrected chi connectivity index (χ4v) is 4.38. The second-order valence-electron chi connectivity index (χ2n) is 8.45. The lowest BCUT2D eigenvalue weighted by Gasteiger charge is -2.31. The van der Waals surface area contributed by atoms with Crippen LogP contribution in [0.1, 0.15) is 46.4 Å². The predicted molar refractivity (Wildman–Crippen MR) is 126 cm³/mol. The van der Waals surface area contributed by atoms with Gasteiger partial charge in [-0.15, -0.1) is 0 Å². The topological polar surface area (TPSA) is 87.7 Å². The van der Waals surface area contributed by atoms with Crippen molar-refractivity contribution in [2.24, 2.45) is 5.92 Å². The second-order valence-corrected chi connectivity index (χ2v) is 8.89. The van der Waals surface area contributed by atoms with E-state index in [1.165, 1.54) is 0 Å². The van der Waals surface area contributed by atoms with Crippen LogP contribution in [0, 0.1) is 5.92 Å². The normalized spacial score (nSPS) is 18.7. The molecule has 0 saturated carbocycles. The van der Waals surface area contributed by atoms with Gasteiger partial charge in [0.25, 0.3) is 11.8 Å². The van der Waals surface area contributed by atoms with E-state index in [4.69, 9.17) is 16.3 Å². The van der Waals surface area contributed by atoms with Gasteiger partial charge in [0, 0.05) is 42.7 Å². The van der Waals surface area contributed by atoms with Crippen molar-refractivity contribution in [1.29, 1.82) is 0 Å². The van der Waals surface area contributed by atoms with E-state index in [0.29, 0.717) is 54.3 Å². The number of amides is 3. The Hall–Kier alpha value is -2.90. The van der Waals surface area contributed by atoms with Gasteiger partial charge < -0.3 is 20.3 Å². The number of hydrogen-bond donors (Lipinski definition) is 2. The summed E-state index contributed by atoms with van der Waals surface area (Å²) in [6.45, 7) is 2.20. The summed E-state index contributed by atoms with van der Waals surface area (Å²) in [4.78, 5) is 40.0. The highest BCUT2D eigenvalue weighted by molar-refractivity contribution is 6.30. The fourth-order valence-electron chi connectivity index (χ4n) is 4.25. The standard InChI is InChI=1S/C25H28ClN3O4/c26-19-9-7-18(8-10-19)25(32)29-13-11-17(12-14-29)23(30)28-22-6-2-1-5-21(22)24(31)27-16-20-4-3-15-33-20/h1-2,5-10,17,20H,3-4,11-16H2,(H,27,31)(H,28,30). The summed E-state index contributed by atoms with van der Waals surface area (Å²) in [7, 11) is 0. The first-order valence-electron chi connectivity index (χ1n) is 11.4. The molecule has 2 aliphatic heterocycles. The molecule has 3 amide bonds. The second kappa shape index (κ2) is 10.8. The molecule has 0 aromatic heterocycles. The maximum Gasteiger partial charge on any atom is 0.253 e. The van der Waals surface area contributed by atoms with Crippen molar-refractivity contribution in [3.63, 3.8) is 0 Å². The molecule has 0 aliphatic carbocycles. The van der Waals surface area contributed by atoms with Crippen molar-refractivity contribution in [3.8, 4) is 0 Å². The molecule has 33 heavy (non-hydrogen) atoms. The van der Waals surface area contributed by atoms with E-state index >= 15 is 0 Å². The molecule has 2 N–H and O–H groups in total. The SMILES string of the molecule is O=C(NCC1CCCO1)c1ccccc1NC(=O)C1CCN(C(=O)c2ccc(Cl)cc2)CC1. The number of para-hydroxylation sites is 1. The minimum absolute atomic E-state index is 0.0523. The minimum Gasteiger partial charge on any atom is -0.376 e. The third-order valence-electron chi connectivity index (χ3n) is 6.19. The fraction of sp³-hybridized carbons (Fsp3) is 0.400. The van der Waals surface area contributed by atoms with Gasteiger partial charge in [-0.05, 0) is 62.1 Å². The first-order chi connectivity index (χ1) is 16.0. The van der Waals surface area contributed by atoms with Gasteiger partial charge in [0.2, 0.25) is 5.91 Å². The van der Waals surface area contributed by atoms with Crippen LogP contribution < -0.4 is 10.6 Å². The van der Waals surface area contributed by atoms with E-state index in [9.17, 15) is 14.4 Å². The Labute approximate surface area is 198 Å². The number of carbonyl (C=O) groups is 3. The highest BCUT2D eigenvalue weighted by atomic mass is 35.5. The van der Waals surface area contributed by atoms with E-state index in [-0.39, 0.29) is 29.7 Å². The van der Waals surface area contributed by atoms with Crippen LogP contribution in [0.4, 0.5) is 5.69 Å². The van der Waals surface area contributed by atoms with E-state index in [1.54, 1.807) is 53.4 Å². The lowest BCUT2D eigenvalue weighted by molar-refractivity contribution is -0.121. The average molecular weight is 470 g/mol. The number of ether oxygens (including phenoxy) is 1. The van der Waals surface area contributed by atoms with Crippen LogP contribution in [-0.2, 0) is 9.53 Å². The third kappa shape index (κ3) is 5.92. The Morgan fingerprint density at radius 2 is 1.73 bits per heavy atom. The number of rotatable bonds is 6. The zero-order valence-electron chi connectivity index (χ0n) is 18.4. The molecule has 0 bridgehead atoms. The molecule has 2 aromatic rings. The van der Waals surface area contributed by atoms with Crippen LogP contribution in [0.25, 0.3) is 0 Å². The molecule has 2 saturated heterocycles. The minimum atomic E-state index is -0.232. The third-order valence-corrected chi connectivity index (χ3v) is 6.44. The number of piperidine rings is 1. The number of nitrogens with zero attached hydrogens (tertiary/aromatic N) is 1. The van der Waals surface area contributed by atoms with Crippen LogP contribution >= 0.6 is 11.6 Å². The van der Waals surface area contributed by atoms with Crippen LogP contribution in [0.2, 0.25) is 5.02 Å². The quantitative estimate of drug-likeness (QED) is 0.674. The van der Waals surface area contributed by atoms with Gasteiger partial charge in [-0.1, -0.05) is 23.7 Å². The van der Waals surface area contributed by atoms with Gasteiger partial charge in [-0.25, -0.2) is 0 Å². The summed E-state index contributed by atoms with van der Waals surface area (Å²) in [5, 5.41) is 6.41. The molecule has 2 aromatic carbocycles. The van der Waals surface area contributed by atoms with Crippen molar-refractivity contribution in [1.82, 2.24) is 10.2 Å². The Morgan fingerprint density at radius 3 is 2.42 bits per heavy atom. The molecule has 0 spiro atoms. The van der Waals surface area contributed by atoms with Crippen LogP contribution in [-0.4, -0.2) is 55.0 Å². The highest BCUT2D eigenvalue weighted by Crippen LogP contribution is 2.23. The van der Waals surface area contributed by atoms with Crippen LogP contribution in [0.5, 0.6) is 0 Å². The van der Waals surface area contributed by atoms with E-state index in [0.717, 1.165) is 19.4 Å². The molecular weight excluding hydrogens is 442 g/mol. The van der Waals surface area contributed by atoms with Crippen molar-refractivity contribution < 1.29 is 19.1 Å². The highest BCUT2D eigenvalue weighted by Gasteiger charge is 2.28. The van der Waals surface area contributed by atoms with Gasteiger partial charge in [0.15, 0.2) is 0 Å². The number of likely N-dealkylation sites (tertiary alicyclic amines) is 1. The molecule has 8 heteroatoms. The molecule has 2 heterocycles. The lowest BCUT2D eigenvalue weighted by atomic mass is 9.95. The average Bonchev–Trinajstić information content (AvgIpc) is 3.37. The summed E-state index contributed by atoms with van der Waals surface area (Å²) in [5.74, 6) is -0.640. The first-order valence-corrected chi connectivity index (χ1v) is 11.7. The summed E-state index contributed by atoms with van der Waals surface area (Å²) >= 11 is 5.90. The van der Waals surface area contributed by atoms with Crippen LogP contribution in [0.15, 0.2) is 48.5 Å². The van der Waals surface area contributed by atoms with Crippen molar-refractivity contribution >= 4 is 35.0 Å². The Kier molecular flexibility index (Phi) is 7.62. The molecule has 1 atom stereocenters. The maximum absolute atomic E-state index is 12.9. The number of anilines is 1. The monoisotopic (exact) mass is 469 g/mol. The van der Waals surface area contributed by atoms with Gasteiger partial charge in [-0.3, -0.25) is 14.4 Å². The number of halogens is 1. The summed E-state index contributed by atoms with van der Waals surface area (Å²) in [5.41, 5.74) is 1.51. The molecule has 2 fully saturated rings. The van der Waals surface area contributed by atoms with E-state index in [2.05, 4.69) is 10.6 Å². The molecule has 0 radical (unpaired) electrons. The Balaban J connectivity index is 1.31. The lowest BCUT2D eigenvalue weighted by Crippen LogP contribution is -2.41. The molecule has 4 rings (SSSR count). The summed E-state index contributed by atoms with van der Waals surface area (Å²) < 4.78 is 5.55. The maximum atomic E-state index is 12.9. The Morgan fingerprint density at radius 1 is 1.00 bits per heavy atom. The molecule has 1 unspecified atom stereocenters. The molecule has 7 nitrogen and oxygen atoms in total. The summed E-state index contributed by atoms with van der Waals surface area (Å²) in [6.07, 6.45) is 3.14. The van der Waals surface area contributed by atoms with Crippen molar-refractivity contribution in [2.75, 3.05) is 31.6 Å². The van der Waals surface area contributed by atoms with Crippen molar-refractivity contribution in [2.45, 2.75) is 31.8 Å². The zero-order valence-corrected chi connectivity index (χ0v) is 19.1. The first kappa shape index (κ1) is 23.3. The molecule has 2 aliphatic rings. The summed E-state index contributed by atoms with van der Waals surface area (Å²) in [6, 6.07) is 13.8. The van der Waals surface area contributed by atoms with E-state index < -0.39 is 0 Å². The zero-order chi connectivity index (χ0) is 23.2. The number of hydrogen-bond acceptors (Lipinski definition) is 4. The number of carbonyl (C=O) groups excluding carboxylic acids is 3. The van der Waals surface area contributed by atoms with Gasteiger partial charge >= 0.3 is 0 Å². The van der Waals surface area contributed by atoms with Gasteiger partial charge in [0.1, 0.15) is 0 Å². The predicted octanol–water partition coefficient (Wildman–Crippen LogP) is 3.74. The number of nitrogens with one attached hydrogen (secondary N) is 2. The largest absolute Gasteiger partial charge is 0.376 e. The van der Waals surface area contributed by atoms with Gasteiger partial charge in [-0.2, -0.15) is 0 Å².